The Morgan fingerprint density at radius 3 is 2.68 bits per heavy atom. The Kier molecular flexibility index (Phi) is 7.88. The van der Waals surface area contributed by atoms with E-state index in [2.05, 4.69) is 76.7 Å². The second-order valence-corrected chi connectivity index (χ2v) is 7.33. The maximum Gasteiger partial charge on any atom is 0.191 e. The van der Waals surface area contributed by atoms with Gasteiger partial charge in [0.15, 0.2) is 5.96 Å². The van der Waals surface area contributed by atoms with E-state index in [1.807, 2.05) is 6.20 Å². The van der Waals surface area contributed by atoms with Crippen molar-refractivity contribution in [2.45, 2.75) is 39.4 Å². The Bertz CT molecular complexity index is 653. The first-order valence-electron chi connectivity index (χ1n) is 8.74. The summed E-state index contributed by atoms with van der Waals surface area (Å²) >= 11 is 1.75. The summed E-state index contributed by atoms with van der Waals surface area (Å²) in [5, 5.41) is 7.83. The van der Waals surface area contributed by atoms with Crippen molar-refractivity contribution < 1.29 is 0 Å². The lowest BCUT2D eigenvalue weighted by Gasteiger charge is -2.25. The van der Waals surface area contributed by atoms with Crippen LogP contribution in [0, 0.1) is 0 Å². The van der Waals surface area contributed by atoms with Crippen molar-refractivity contribution in [1.82, 2.24) is 20.5 Å². The third-order valence-corrected chi connectivity index (χ3v) is 5.31. The number of hydrogen-bond donors (Lipinski definition) is 2. The van der Waals surface area contributed by atoms with E-state index in [0.29, 0.717) is 12.6 Å². The van der Waals surface area contributed by atoms with E-state index in [9.17, 15) is 0 Å². The summed E-state index contributed by atoms with van der Waals surface area (Å²) in [4.78, 5) is 12.4. The summed E-state index contributed by atoms with van der Waals surface area (Å²) in [6.45, 7) is 6.85. The summed E-state index contributed by atoms with van der Waals surface area (Å²) < 4.78 is 0. The van der Waals surface area contributed by atoms with Crippen LogP contribution in [0.5, 0.6) is 0 Å². The normalized spacial score (nSPS) is 13.1. The molecule has 1 unspecified atom stereocenters. The Morgan fingerprint density at radius 2 is 2.04 bits per heavy atom. The molecule has 6 heteroatoms. The highest BCUT2D eigenvalue weighted by Crippen LogP contribution is 2.12. The first-order chi connectivity index (χ1) is 12.1. The number of thiazole rings is 1. The van der Waals surface area contributed by atoms with Gasteiger partial charge in [0.2, 0.25) is 0 Å². The molecule has 0 aliphatic rings. The molecule has 0 spiro atoms. The summed E-state index contributed by atoms with van der Waals surface area (Å²) in [5.41, 5.74) is 1.33. The Labute approximate surface area is 155 Å². The minimum Gasteiger partial charge on any atom is -0.355 e. The third kappa shape index (κ3) is 6.48. The molecule has 1 atom stereocenters. The van der Waals surface area contributed by atoms with Crippen LogP contribution in [-0.4, -0.2) is 42.5 Å². The zero-order valence-corrected chi connectivity index (χ0v) is 16.4. The van der Waals surface area contributed by atoms with Crippen molar-refractivity contribution in [1.29, 1.82) is 0 Å². The van der Waals surface area contributed by atoms with E-state index in [1.165, 1.54) is 10.4 Å². The topological polar surface area (TPSA) is 52.6 Å². The van der Waals surface area contributed by atoms with Gasteiger partial charge < -0.3 is 10.6 Å². The van der Waals surface area contributed by atoms with Gasteiger partial charge in [-0.05, 0) is 26.0 Å². The van der Waals surface area contributed by atoms with Crippen LogP contribution in [0.1, 0.15) is 29.3 Å². The molecule has 0 amide bonds. The van der Waals surface area contributed by atoms with Crippen molar-refractivity contribution in [3.8, 4) is 0 Å². The fourth-order valence-electron chi connectivity index (χ4n) is 2.40. The first-order valence-corrected chi connectivity index (χ1v) is 9.56. The van der Waals surface area contributed by atoms with Crippen molar-refractivity contribution >= 4 is 17.3 Å². The number of nitrogens with one attached hydrogen (secondary N) is 2. The molecule has 1 aromatic heterocycles. The van der Waals surface area contributed by atoms with Gasteiger partial charge in [-0.1, -0.05) is 37.3 Å². The van der Waals surface area contributed by atoms with Crippen LogP contribution < -0.4 is 10.6 Å². The molecule has 136 valence electrons. The largest absolute Gasteiger partial charge is 0.355 e. The Hall–Kier alpha value is -1.92. The zero-order chi connectivity index (χ0) is 18.1. The van der Waals surface area contributed by atoms with Crippen molar-refractivity contribution in [3.05, 3.63) is 52.0 Å². The molecule has 0 aliphatic heterocycles. The van der Waals surface area contributed by atoms with Gasteiger partial charge in [0.05, 0.1) is 6.54 Å². The quantitative estimate of drug-likeness (QED) is 0.562. The number of aryl methyl sites for hydroxylation is 1. The van der Waals surface area contributed by atoms with Gasteiger partial charge >= 0.3 is 0 Å². The maximum absolute atomic E-state index is 4.43. The van der Waals surface area contributed by atoms with E-state index < -0.39 is 0 Å². The SMILES string of the molecule is CCc1cnc(CNC(=NC)NCC(C)N(C)Cc2ccccc2)s1. The smallest absolute Gasteiger partial charge is 0.191 e. The second kappa shape index (κ2) is 10.2. The molecule has 0 saturated carbocycles. The number of likely N-dealkylation sites (N-methyl/N-ethyl adjacent to an activating group) is 1. The molecule has 2 N–H and O–H groups in total. The highest BCUT2D eigenvalue weighted by molar-refractivity contribution is 7.11. The van der Waals surface area contributed by atoms with Gasteiger partial charge in [0.25, 0.3) is 0 Å². The van der Waals surface area contributed by atoms with Gasteiger partial charge in [0, 0.05) is 37.3 Å². The van der Waals surface area contributed by atoms with E-state index in [-0.39, 0.29) is 0 Å². The van der Waals surface area contributed by atoms with E-state index in [1.54, 1.807) is 18.4 Å². The molecular formula is C19H29N5S. The summed E-state index contributed by atoms with van der Waals surface area (Å²) in [7, 11) is 3.95. The predicted octanol–water partition coefficient (Wildman–Crippen LogP) is 2.89. The zero-order valence-electron chi connectivity index (χ0n) is 15.6. The number of benzene rings is 1. The van der Waals surface area contributed by atoms with Crippen LogP contribution in [0.2, 0.25) is 0 Å². The number of nitrogens with zero attached hydrogens (tertiary/aromatic N) is 3. The lowest BCUT2D eigenvalue weighted by Crippen LogP contribution is -2.44. The average molecular weight is 360 g/mol. The van der Waals surface area contributed by atoms with Gasteiger partial charge in [-0.15, -0.1) is 11.3 Å². The Balaban J connectivity index is 1.75. The molecule has 1 heterocycles. The standard InChI is InChI=1S/C19H29N5S/c1-5-17-12-21-18(25-17)13-23-19(20-3)22-11-15(2)24(4)14-16-9-7-6-8-10-16/h6-10,12,15H,5,11,13-14H2,1-4H3,(H2,20,22,23). The summed E-state index contributed by atoms with van der Waals surface area (Å²) in [6, 6.07) is 10.9. The van der Waals surface area contributed by atoms with Crippen LogP contribution in [0.15, 0.2) is 41.5 Å². The van der Waals surface area contributed by atoms with E-state index >= 15 is 0 Å². The number of rotatable bonds is 8. The number of aliphatic imine (C=N–C) groups is 1. The van der Waals surface area contributed by atoms with Gasteiger partial charge in [-0.25, -0.2) is 4.98 Å². The second-order valence-electron chi connectivity index (χ2n) is 6.13. The predicted molar refractivity (Wildman–Crippen MR) is 107 cm³/mol. The lowest BCUT2D eigenvalue weighted by atomic mass is 10.2. The monoisotopic (exact) mass is 359 g/mol. The first kappa shape index (κ1) is 19.4. The van der Waals surface area contributed by atoms with Crippen molar-refractivity contribution in [2.24, 2.45) is 4.99 Å². The van der Waals surface area contributed by atoms with Crippen molar-refractivity contribution in [3.63, 3.8) is 0 Å². The minimum atomic E-state index is 0.394. The van der Waals surface area contributed by atoms with Gasteiger partial charge in [-0.2, -0.15) is 0 Å². The molecule has 0 bridgehead atoms. The summed E-state index contributed by atoms with van der Waals surface area (Å²) in [6.07, 6.45) is 2.99. The van der Waals surface area contributed by atoms with Crippen LogP contribution in [-0.2, 0) is 19.5 Å². The molecule has 25 heavy (non-hydrogen) atoms. The minimum absolute atomic E-state index is 0.394. The van der Waals surface area contributed by atoms with Crippen LogP contribution >= 0.6 is 11.3 Å². The molecule has 2 rings (SSSR count). The average Bonchev–Trinajstić information content (AvgIpc) is 3.10. The molecular weight excluding hydrogens is 330 g/mol. The highest BCUT2D eigenvalue weighted by atomic mass is 32.1. The lowest BCUT2D eigenvalue weighted by molar-refractivity contribution is 0.249. The molecule has 2 aromatic rings. The van der Waals surface area contributed by atoms with E-state index in [0.717, 1.165) is 30.5 Å². The highest BCUT2D eigenvalue weighted by Gasteiger charge is 2.10. The molecule has 0 aliphatic carbocycles. The number of hydrogen-bond acceptors (Lipinski definition) is 4. The molecule has 0 radical (unpaired) electrons. The Morgan fingerprint density at radius 1 is 1.28 bits per heavy atom. The summed E-state index contributed by atoms with van der Waals surface area (Å²) in [5.74, 6) is 0.813. The van der Waals surface area contributed by atoms with Gasteiger partial charge in [-0.3, -0.25) is 9.89 Å². The number of aromatic nitrogens is 1. The van der Waals surface area contributed by atoms with Crippen LogP contribution in [0.4, 0.5) is 0 Å². The molecule has 0 saturated heterocycles. The molecule has 1 aromatic carbocycles. The van der Waals surface area contributed by atoms with Gasteiger partial charge in [0.1, 0.15) is 5.01 Å². The third-order valence-electron chi connectivity index (χ3n) is 4.17. The fraction of sp³-hybridized carbons (Fsp3) is 0.474. The maximum atomic E-state index is 4.43. The molecule has 5 nitrogen and oxygen atoms in total. The number of guanidine groups is 1. The van der Waals surface area contributed by atoms with E-state index in [4.69, 9.17) is 0 Å². The van der Waals surface area contributed by atoms with Crippen LogP contribution in [0.3, 0.4) is 0 Å². The fourth-order valence-corrected chi connectivity index (χ4v) is 3.20. The molecule has 0 fully saturated rings. The van der Waals surface area contributed by atoms with Crippen molar-refractivity contribution in [2.75, 3.05) is 20.6 Å². The van der Waals surface area contributed by atoms with Crippen LogP contribution in [0.25, 0.3) is 0 Å².